The molecule has 1 heterocycles. The second kappa shape index (κ2) is 11.4. The lowest BCUT2D eigenvalue weighted by Gasteiger charge is -2.41. The summed E-state index contributed by atoms with van der Waals surface area (Å²) in [6.07, 6.45) is 0. The van der Waals surface area contributed by atoms with E-state index in [4.69, 9.17) is 4.74 Å². The van der Waals surface area contributed by atoms with Crippen molar-refractivity contribution in [2.24, 2.45) is 4.99 Å². The summed E-state index contributed by atoms with van der Waals surface area (Å²) in [6.45, 7) is 8.39. The van der Waals surface area contributed by atoms with Crippen molar-refractivity contribution in [3.05, 3.63) is 30.1 Å². The summed E-state index contributed by atoms with van der Waals surface area (Å²) < 4.78 is 18.3. The van der Waals surface area contributed by atoms with Crippen LogP contribution in [0.1, 0.15) is 13.8 Å². The lowest BCUT2D eigenvalue weighted by molar-refractivity contribution is -0.115. The Bertz CT molecular complexity index is 619. The monoisotopic (exact) mass is 493 g/mol. The molecule has 1 aliphatic rings. The number of carbonyl (C=O) groups is 1. The Morgan fingerprint density at radius 1 is 1.22 bits per heavy atom. The number of benzene rings is 1. The largest absolute Gasteiger partial charge is 0.379 e. The van der Waals surface area contributed by atoms with Gasteiger partial charge in [-0.15, -0.1) is 24.0 Å². The van der Waals surface area contributed by atoms with Crippen molar-refractivity contribution in [1.82, 2.24) is 15.5 Å². The first-order chi connectivity index (χ1) is 12.4. The highest BCUT2D eigenvalue weighted by molar-refractivity contribution is 14.0. The normalized spacial score (nSPS) is 15.6. The first-order valence-corrected chi connectivity index (χ1v) is 8.73. The molecule has 3 N–H and O–H groups in total. The van der Waals surface area contributed by atoms with Gasteiger partial charge in [-0.3, -0.25) is 14.7 Å². The van der Waals surface area contributed by atoms with Crippen molar-refractivity contribution >= 4 is 41.5 Å². The van der Waals surface area contributed by atoms with Crippen LogP contribution in [0.25, 0.3) is 0 Å². The van der Waals surface area contributed by atoms with Crippen LogP contribution in [-0.2, 0) is 9.53 Å². The molecule has 0 radical (unpaired) electrons. The Kier molecular flexibility index (Phi) is 9.95. The molecule has 7 nitrogen and oxygen atoms in total. The Hall–Kier alpha value is -1.46. The molecule has 1 amide bonds. The van der Waals surface area contributed by atoms with Crippen LogP contribution in [0.3, 0.4) is 0 Å². The molecule has 0 aromatic heterocycles. The van der Waals surface area contributed by atoms with Gasteiger partial charge in [-0.2, -0.15) is 0 Å². The molecule has 1 aromatic carbocycles. The number of halogens is 2. The third-order valence-electron chi connectivity index (χ3n) is 4.32. The molecule has 1 saturated heterocycles. The Morgan fingerprint density at radius 2 is 1.85 bits per heavy atom. The van der Waals surface area contributed by atoms with Crippen molar-refractivity contribution in [3.8, 4) is 0 Å². The number of anilines is 1. The summed E-state index contributed by atoms with van der Waals surface area (Å²) >= 11 is 0. The maximum atomic E-state index is 12.9. The summed E-state index contributed by atoms with van der Waals surface area (Å²) in [6, 6.07) is 5.64. The van der Waals surface area contributed by atoms with E-state index < -0.39 is 0 Å². The summed E-state index contributed by atoms with van der Waals surface area (Å²) in [5, 5.41) is 8.95. The van der Waals surface area contributed by atoms with E-state index in [-0.39, 0.29) is 47.8 Å². The van der Waals surface area contributed by atoms with Crippen molar-refractivity contribution in [2.45, 2.75) is 19.4 Å². The van der Waals surface area contributed by atoms with E-state index >= 15 is 0 Å². The van der Waals surface area contributed by atoms with E-state index in [1.54, 1.807) is 7.05 Å². The van der Waals surface area contributed by atoms with Gasteiger partial charge in [-0.05, 0) is 38.1 Å². The third-order valence-corrected chi connectivity index (χ3v) is 4.32. The molecule has 0 spiro atoms. The molecule has 0 unspecified atom stereocenters. The molecule has 0 saturated carbocycles. The fraction of sp³-hybridized carbons (Fsp3) is 0.556. The molecule has 9 heteroatoms. The SMILES string of the molecule is CN=C(NCC(=O)Nc1ccc(F)cc1)NCC(C)(C)N1CCOCC1.I. The number of guanidine groups is 1. The summed E-state index contributed by atoms with van der Waals surface area (Å²) in [4.78, 5) is 18.5. The van der Waals surface area contributed by atoms with E-state index in [2.05, 4.69) is 39.7 Å². The number of nitrogens with zero attached hydrogens (tertiary/aromatic N) is 2. The minimum absolute atomic E-state index is 0. The summed E-state index contributed by atoms with van der Waals surface area (Å²) in [5.41, 5.74) is 0.493. The van der Waals surface area contributed by atoms with Crippen molar-refractivity contribution in [3.63, 3.8) is 0 Å². The van der Waals surface area contributed by atoms with Crippen LogP contribution in [0, 0.1) is 5.82 Å². The van der Waals surface area contributed by atoms with Gasteiger partial charge in [-0.1, -0.05) is 0 Å². The average Bonchev–Trinajstić information content (AvgIpc) is 2.64. The van der Waals surface area contributed by atoms with Crippen LogP contribution in [0.4, 0.5) is 10.1 Å². The van der Waals surface area contributed by atoms with E-state index in [0.29, 0.717) is 18.2 Å². The number of amides is 1. The lowest BCUT2D eigenvalue weighted by atomic mass is 10.0. The lowest BCUT2D eigenvalue weighted by Crippen LogP contribution is -2.56. The smallest absolute Gasteiger partial charge is 0.243 e. The van der Waals surface area contributed by atoms with Crippen molar-refractivity contribution in [1.29, 1.82) is 0 Å². The predicted octanol–water partition coefficient (Wildman–Crippen LogP) is 1.66. The van der Waals surface area contributed by atoms with Crippen molar-refractivity contribution in [2.75, 3.05) is 51.8 Å². The Morgan fingerprint density at radius 3 is 2.44 bits per heavy atom. The van der Waals surface area contributed by atoms with Gasteiger partial charge < -0.3 is 20.7 Å². The number of rotatable bonds is 6. The van der Waals surface area contributed by atoms with Crippen LogP contribution < -0.4 is 16.0 Å². The maximum absolute atomic E-state index is 12.9. The molecule has 152 valence electrons. The van der Waals surface area contributed by atoms with Gasteiger partial charge >= 0.3 is 0 Å². The van der Waals surface area contributed by atoms with Gasteiger partial charge in [0, 0.05) is 37.9 Å². The molecule has 1 aromatic rings. The summed E-state index contributed by atoms with van der Waals surface area (Å²) in [7, 11) is 1.66. The van der Waals surface area contributed by atoms with Crippen LogP contribution in [0.2, 0.25) is 0 Å². The van der Waals surface area contributed by atoms with Crippen LogP contribution >= 0.6 is 24.0 Å². The molecule has 0 aliphatic carbocycles. The number of nitrogens with one attached hydrogen (secondary N) is 3. The number of morpholine rings is 1. The standard InChI is InChI=1S/C18H28FN5O2.HI/c1-18(2,24-8-10-26-11-9-24)13-22-17(20-3)21-12-16(25)23-15-6-4-14(19)5-7-15;/h4-7H,8-13H2,1-3H3,(H,23,25)(H2,20,21,22);1H. The van der Waals surface area contributed by atoms with Crippen LogP contribution in [0.15, 0.2) is 29.3 Å². The minimum atomic E-state index is -0.339. The molecular formula is C18H29FIN5O2. The zero-order valence-corrected chi connectivity index (χ0v) is 18.4. The second-order valence-corrected chi connectivity index (χ2v) is 6.75. The second-order valence-electron chi connectivity index (χ2n) is 6.75. The highest BCUT2D eigenvalue weighted by atomic mass is 127. The molecule has 0 atom stereocenters. The third kappa shape index (κ3) is 7.97. The van der Waals surface area contributed by atoms with Gasteiger partial charge in [0.15, 0.2) is 5.96 Å². The minimum Gasteiger partial charge on any atom is -0.379 e. The molecule has 27 heavy (non-hydrogen) atoms. The number of hydrogen-bond donors (Lipinski definition) is 3. The Balaban J connectivity index is 0.00000364. The first kappa shape index (κ1) is 23.6. The van der Waals surface area contributed by atoms with Gasteiger partial charge in [0.2, 0.25) is 5.91 Å². The first-order valence-electron chi connectivity index (χ1n) is 8.73. The van der Waals surface area contributed by atoms with E-state index in [1.165, 1.54) is 24.3 Å². The van der Waals surface area contributed by atoms with E-state index in [9.17, 15) is 9.18 Å². The van der Waals surface area contributed by atoms with Gasteiger partial charge in [0.25, 0.3) is 0 Å². The summed E-state index contributed by atoms with van der Waals surface area (Å²) in [5.74, 6) is -0.0128. The van der Waals surface area contributed by atoms with Crippen LogP contribution in [-0.4, -0.2) is 68.7 Å². The predicted molar refractivity (Wildman–Crippen MR) is 116 cm³/mol. The maximum Gasteiger partial charge on any atom is 0.243 e. The molecule has 1 fully saturated rings. The van der Waals surface area contributed by atoms with E-state index in [0.717, 1.165) is 26.3 Å². The topological polar surface area (TPSA) is 78.0 Å². The van der Waals surface area contributed by atoms with Crippen LogP contribution in [0.5, 0.6) is 0 Å². The van der Waals surface area contributed by atoms with E-state index in [1.807, 2.05) is 0 Å². The van der Waals surface area contributed by atoms with Gasteiger partial charge in [0.05, 0.1) is 19.8 Å². The van der Waals surface area contributed by atoms with Gasteiger partial charge in [0.1, 0.15) is 5.82 Å². The highest BCUT2D eigenvalue weighted by Crippen LogP contribution is 2.15. The zero-order chi connectivity index (χ0) is 19.0. The molecule has 1 aliphatic heterocycles. The number of carbonyl (C=O) groups excluding carboxylic acids is 1. The Labute approximate surface area is 177 Å². The van der Waals surface area contributed by atoms with Gasteiger partial charge in [-0.25, -0.2) is 4.39 Å². The quantitative estimate of drug-likeness (QED) is 0.319. The fourth-order valence-electron chi connectivity index (χ4n) is 2.70. The number of aliphatic imine (C=N–C) groups is 1. The zero-order valence-electron chi connectivity index (χ0n) is 16.0. The number of ether oxygens (including phenoxy) is 1. The molecular weight excluding hydrogens is 464 g/mol. The average molecular weight is 493 g/mol. The molecule has 2 rings (SSSR count). The fourth-order valence-corrected chi connectivity index (χ4v) is 2.70. The molecule has 0 bridgehead atoms. The highest BCUT2D eigenvalue weighted by Gasteiger charge is 2.28. The number of hydrogen-bond acceptors (Lipinski definition) is 4. The van der Waals surface area contributed by atoms with Crippen molar-refractivity contribution < 1.29 is 13.9 Å².